The van der Waals surface area contributed by atoms with Crippen molar-refractivity contribution in [3.05, 3.63) is 53.0 Å². The smallest absolute Gasteiger partial charge is 0.255 e. The number of hydrogen-bond donors (Lipinski definition) is 1. The van der Waals surface area contributed by atoms with Gasteiger partial charge in [-0.15, -0.1) is 11.8 Å². The van der Waals surface area contributed by atoms with Crippen LogP contribution < -0.4 is 5.32 Å². The van der Waals surface area contributed by atoms with Gasteiger partial charge in [-0.05, 0) is 104 Å². The van der Waals surface area contributed by atoms with E-state index >= 15 is 0 Å². The molecule has 3 unspecified atom stereocenters. The quantitative estimate of drug-likeness (QED) is 0.178. The summed E-state index contributed by atoms with van der Waals surface area (Å²) in [5.41, 5.74) is 2.16. The second kappa shape index (κ2) is 12.2. The SMILES string of the molecule is CCC1(CCSCc2ccc(CSc3cccc4c3CN(C3CCC(=O)NC3=O)C4=O)o2)CC2CC(C)CC(C2)C1. The molecule has 220 valence electrons. The van der Waals surface area contributed by atoms with Crippen molar-refractivity contribution < 1.29 is 18.8 Å². The highest BCUT2D eigenvalue weighted by molar-refractivity contribution is 7.98. The fourth-order valence-corrected chi connectivity index (χ4v) is 10.1. The molecule has 3 amide bonds. The molecule has 1 aromatic heterocycles. The van der Waals surface area contributed by atoms with Crippen molar-refractivity contribution >= 4 is 41.2 Å². The van der Waals surface area contributed by atoms with E-state index in [1.54, 1.807) is 16.7 Å². The van der Waals surface area contributed by atoms with Crippen molar-refractivity contribution in [1.29, 1.82) is 0 Å². The first-order chi connectivity index (χ1) is 19.8. The molecule has 4 aliphatic rings. The Morgan fingerprint density at radius 2 is 1.78 bits per heavy atom. The molecular formula is C33H42N2O4S2. The average molecular weight is 595 g/mol. The topological polar surface area (TPSA) is 79.6 Å². The second-order valence-electron chi connectivity index (χ2n) is 12.9. The standard InChI is InChI=1S/C33H42N2O4S2/c1-3-33(16-22-13-21(2)14-23(15-22)17-33)11-12-40-19-24-7-8-25(39-24)20-41-29-6-4-5-26-27(29)18-35(32(26)38)28-9-10-30(36)34-31(28)37/h4-8,21-23,28H,3,9-20H2,1-2H3,(H,34,36,37). The lowest BCUT2D eigenvalue weighted by molar-refractivity contribution is -0.136. The highest BCUT2D eigenvalue weighted by atomic mass is 32.2. The summed E-state index contributed by atoms with van der Waals surface area (Å²) in [6, 6.07) is 9.36. The first-order valence-electron chi connectivity index (χ1n) is 15.4. The number of carbonyl (C=O) groups excluding carboxylic acids is 3. The van der Waals surface area contributed by atoms with Gasteiger partial charge in [0.15, 0.2) is 0 Å². The number of carbonyl (C=O) groups is 3. The van der Waals surface area contributed by atoms with E-state index in [0.717, 1.165) is 45.5 Å². The third-order valence-electron chi connectivity index (χ3n) is 9.98. The van der Waals surface area contributed by atoms with Crippen LogP contribution in [0.2, 0.25) is 0 Å². The van der Waals surface area contributed by atoms with E-state index in [1.165, 1.54) is 50.7 Å². The molecule has 2 aromatic rings. The molecule has 6 nitrogen and oxygen atoms in total. The molecule has 2 bridgehead atoms. The van der Waals surface area contributed by atoms with Gasteiger partial charge in [-0.1, -0.05) is 26.3 Å². The average Bonchev–Trinajstić information content (AvgIpc) is 3.54. The Bertz CT molecular complexity index is 1290. The van der Waals surface area contributed by atoms with E-state index in [2.05, 4.69) is 31.3 Å². The van der Waals surface area contributed by atoms with Gasteiger partial charge in [0, 0.05) is 23.4 Å². The number of thioether (sulfide) groups is 2. The monoisotopic (exact) mass is 594 g/mol. The molecule has 3 heterocycles. The number of hydrogen-bond acceptors (Lipinski definition) is 6. The molecule has 3 atom stereocenters. The summed E-state index contributed by atoms with van der Waals surface area (Å²) >= 11 is 3.67. The largest absolute Gasteiger partial charge is 0.464 e. The number of fused-ring (bicyclic) bond motifs is 3. The maximum Gasteiger partial charge on any atom is 0.255 e. The second-order valence-corrected chi connectivity index (χ2v) is 15.1. The van der Waals surface area contributed by atoms with Gasteiger partial charge in [0.25, 0.3) is 5.91 Å². The van der Waals surface area contributed by atoms with Gasteiger partial charge in [-0.2, -0.15) is 11.8 Å². The Morgan fingerprint density at radius 1 is 1.02 bits per heavy atom. The van der Waals surface area contributed by atoms with Crippen molar-refractivity contribution in [2.24, 2.45) is 23.2 Å². The Balaban J connectivity index is 0.996. The van der Waals surface area contributed by atoms with Crippen molar-refractivity contribution in [3.63, 3.8) is 0 Å². The molecule has 0 radical (unpaired) electrons. The highest BCUT2D eigenvalue weighted by Crippen LogP contribution is 2.53. The zero-order valence-electron chi connectivity index (χ0n) is 24.3. The fraction of sp³-hybridized carbons (Fsp3) is 0.606. The van der Waals surface area contributed by atoms with E-state index < -0.39 is 6.04 Å². The van der Waals surface area contributed by atoms with Crippen LogP contribution in [0.5, 0.6) is 0 Å². The van der Waals surface area contributed by atoms with E-state index in [9.17, 15) is 14.4 Å². The summed E-state index contributed by atoms with van der Waals surface area (Å²) in [5, 5.41) is 2.38. The van der Waals surface area contributed by atoms with Gasteiger partial charge in [0.05, 0.1) is 11.5 Å². The number of imide groups is 1. The van der Waals surface area contributed by atoms with Crippen LogP contribution in [0.25, 0.3) is 0 Å². The number of furan rings is 1. The molecular weight excluding hydrogens is 553 g/mol. The Labute approximate surface area is 252 Å². The number of rotatable bonds is 10. The first kappa shape index (κ1) is 28.9. The Kier molecular flexibility index (Phi) is 8.60. The number of benzene rings is 1. The molecule has 0 spiro atoms. The maximum atomic E-state index is 13.1. The molecule has 2 saturated carbocycles. The fourth-order valence-electron chi connectivity index (χ4n) is 8.09. The summed E-state index contributed by atoms with van der Waals surface area (Å²) in [6.07, 6.45) is 10.5. The Hall–Kier alpha value is -2.19. The number of nitrogens with zero attached hydrogens (tertiary/aromatic N) is 1. The predicted octanol–water partition coefficient (Wildman–Crippen LogP) is 7.20. The van der Waals surface area contributed by atoms with Crippen molar-refractivity contribution in [1.82, 2.24) is 10.2 Å². The lowest BCUT2D eigenvalue weighted by Gasteiger charge is -2.49. The molecule has 1 saturated heterocycles. The van der Waals surface area contributed by atoms with Crippen molar-refractivity contribution in [3.8, 4) is 0 Å². The zero-order chi connectivity index (χ0) is 28.6. The van der Waals surface area contributed by atoms with Gasteiger partial charge in [0.1, 0.15) is 17.6 Å². The van der Waals surface area contributed by atoms with Crippen LogP contribution in [-0.4, -0.2) is 34.4 Å². The molecule has 2 aliphatic carbocycles. The molecule has 1 aromatic carbocycles. The minimum absolute atomic E-state index is 0.134. The number of nitrogens with one attached hydrogen (secondary N) is 1. The summed E-state index contributed by atoms with van der Waals surface area (Å²) in [6.45, 7) is 5.26. The van der Waals surface area contributed by atoms with Gasteiger partial charge >= 0.3 is 0 Å². The van der Waals surface area contributed by atoms with Crippen LogP contribution in [-0.2, 0) is 27.6 Å². The summed E-state index contributed by atoms with van der Waals surface area (Å²) in [5.74, 6) is 6.81. The third-order valence-corrected chi connectivity index (χ3v) is 12.1. The summed E-state index contributed by atoms with van der Waals surface area (Å²) < 4.78 is 6.20. The summed E-state index contributed by atoms with van der Waals surface area (Å²) in [7, 11) is 0. The number of piperidine rings is 1. The molecule has 2 aliphatic heterocycles. The molecule has 3 fully saturated rings. The maximum absolute atomic E-state index is 13.1. The van der Waals surface area contributed by atoms with E-state index in [1.807, 2.05) is 30.0 Å². The molecule has 41 heavy (non-hydrogen) atoms. The molecule has 6 rings (SSSR count). The number of amides is 3. The van der Waals surface area contributed by atoms with Crippen LogP contribution in [0.3, 0.4) is 0 Å². The van der Waals surface area contributed by atoms with Gasteiger partial charge < -0.3 is 9.32 Å². The van der Waals surface area contributed by atoms with Crippen LogP contribution >= 0.6 is 23.5 Å². The van der Waals surface area contributed by atoms with E-state index in [0.29, 0.717) is 29.7 Å². The van der Waals surface area contributed by atoms with Crippen LogP contribution in [0.1, 0.15) is 99.1 Å². The van der Waals surface area contributed by atoms with Crippen LogP contribution in [0, 0.1) is 23.2 Å². The van der Waals surface area contributed by atoms with Gasteiger partial charge in [0.2, 0.25) is 11.8 Å². The predicted molar refractivity (Wildman–Crippen MR) is 163 cm³/mol. The van der Waals surface area contributed by atoms with Crippen molar-refractivity contribution in [2.75, 3.05) is 5.75 Å². The van der Waals surface area contributed by atoms with Crippen molar-refractivity contribution in [2.45, 2.75) is 101 Å². The lowest BCUT2D eigenvalue weighted by atomic mass is 9.57. The van der Waals surface area contributed by atoms with E-state index in [-0.39, 0.29) is 24.1 Å². The first-order valence-corrected chi connectivity index (χ1v) is 17.5. The lowest BCUT2D eigenvalue weighted by Crippen LogP contribution is -2.52. The Morgan fingerprint density at radius 3 is 2.51 bits per heavy atom. The normalized spacial score (nSPS) is 29.5. The third kappa shape index (κ3) is 6.29. The molecule has 1 N–H and O–H groups in total. The minimum Gasteiger partial charge on any atom is -0.464 e. The molecule has 8 heteroatoms. The zero-order valence-corrected chi connectivity index (χ0v) is 25.9. The van der Waals surface area contributed by atoms with Gasteiger partial charge in [-0.25, -0.2) is 0 Å². The van der Waals surface area contributed by atoms with Crippen LogP contribution in [0.4, 0.5) is 0 Å². The van der Waals surface area contributed by atoms with Gasteiger partial charge in [-0.3, -0.25) is 19.7 Å². The van der Waals surface area contributed by atoms with E-state index in [4.69, 9.17) is 4.42 Å². The minimum atomic E-state index is -0.593. The highest BCUT2D eigenvalue weighted by Gasteiger charge is 2.42. The van der Waals surface area contributed by atoms with Crippen LogP contribution in [0.15, 0.2) is 39.6 Å². The summed E-state index contributed by atoms with van der Waals surface area (Å²) in [4.78, 5) is 39.7.